The molecule has 2 amide bonds. The van der Waals surface area contributed by atoms with Gasteiger partial charge in [-0.1, -0.05) is 17.3 Å². The highest BCUT2D eigenvalue weighted by atomic mass is 19.1. The first-order valence-electron chi connectivity index (χ1n) is 8.18. The predicted octanol–water partition coefficient (Wildman–Crippen LogP) is 3.43. The number of carbonyl (C=O) groups is 1. The Morgan fingerprint density at radius 1 is 1.42 bits per heavy atom. The number of urea groups is 1. The summed E-state index contributed by atoms with van der Waals surface area (Å²) >= 11 is 0. The zero-order valence-electron chi connectivity index (χ0n) is 14.0. The predicted molar refractivity (Wildman–Crippen MR) is 87.9 cm³/mol. The molecule has 0 saturated carbocycles. The number of nitrogens with zero attached hydrogens (tertiary/aromatic N) is 2. The van der Waals surface area contributed by atoms with Crippen LogP contribution in [0.15, 0.2) is 34.9 Å². The number of benzene rings is 1. The monoisotopic (exact) mass is 331 g/mol. The summed E-state index contributed by atoms with van der Waals surface area (Å²) in [6.45, 7) is 4.97. The van der Waals surface area contributed by atoms with E-state index in [9.17, 15) is 9.18 Å². The molecule has 2 aromatic rings. The lowest BCUT2D eigenvalue weighted by molar-refractivity contribution is 0.154. The average molecular weight is 331 g/mol. The average Bonchev–Trinajstić information content (AvgIpc) is 3.13. The van der Waals surface area contributed by atoms with Crippen LogP contribution in [0.25, 0.3) is 0 Å². The van der Waals surface area contributed by atoms with Gasteiger partial charge >= 0.3 is 6.03 Å². The van der Waals surface area contributed by atoms with Gasteiger partial charge in [-0.25, -0.2) is 9.18 Å². The van der Waals surface area contributed by atoms with E-state index in [0.717, 1.165) is 30.6 Å². The summed E-state index contributed by atoms with van der Waals surface area (Å²) < 4.78 is 18.2. The molecule has 2 heterocycles. The van der Waals surface area contributed by atoms with Crippen LogP contribution in [-0.4, -0.2) is 28.2 Å². The number of hydrogen-bond acceptors (Lipinski definition) is 3. The van der Waals surface area contributed by atoms with Gasteiger partial charge < -0.3 is 14.7 Å². The lowest BCUT2D eigenvalue weighted by Crippen LogP contribution is -2.50. The van der Waals surface area contributed by atoms with E-state index < -0.39 is 0 Å². The van der Waals surface area contributed by atoms with Gasteiger partial charge in [0, 0.05) is 18.2 Å². The van der Waals surface area contributed by atoms with Crippen molar-refractivity contribution < 1.29 is 13.7 Å². The third kappa shape index (κ3) is 3.58. The van der Waals surface area contributed by atoms with Crippen molar-refractivity contribution in [2.24, 2.45) is 0 Å². The number of aromatic nitrogens is 1. The fourth-order valence-electron chi connectivity index (χ4n) is 3.35. The topological polar surface area (TPSA) is 58.4 Å². The van der Waals surface area contributed by atoms with Crippen LogP contribution < -0.4 is 5.32 Å². The molecule has 3 rings (SSSR count). The molecule has 1 N–H and O–H groups in total. The van der Waals surface area contributed by atoms with Crippen molar-refractivity contribution in [2.75, 3.05) is 6.54 Å². The number of rotatable bonds is 4. The summed E-state index contributed by atoms with van der Waals surface area (Å²) in [5.41, 5.74) is 1.56. The molecule has 1 fully saturated rings. The fourth-order valence-corrected chi connectivity index (χ4v) is 3.35. The quantitative estimate of drug-likeness (QED) is 0.934. The zero-order chi connectivity index (χ0) is 17.2. The van der Waals surface area contributed by atoms with E-state index in [1.165, 1.54) is 12.1 Å². The first kappa shape index (κ1) is 16.5. The van der Waals surface area contributed by atoms with Gasteiger partial charge in [-0.15, -0.1) is 0 Å². The van der Waals surface area contributed by atoms with E-state index >= 15 is 0 Å². The maximum atomic E-state index is 13.1. The minimum atomic E-state index is -0.265. The molecular weight excluding hydrogens is 309 g/mol. The highest BCUT2D eigenvalue weighted by Gasteiger charge is 2.39. The van der Waals surface area contributed by atoms with Gasteiger partial charge in [0.1, 0.15) is 5.82 Å². The van der Waals surface area contributed by atoms with Crippen LogP contribution in [0.3, 0.4) is 0 Å². The Morgan fingerprint density at radius 3 is 2.83 bits per heavy atom. The van der Waals surface area contributed by atoms with E-state index in [0.29, 0.717) is 18.7 Å². The standard InChI is InChI=1S/C18H22FN3O2/c1-13-10-16(24-21-13)12-20-17(23)22-9-3-8-18(22,2)11-14-4-6-15(19)7-5-14/h4-7,10H,3,8-9,11-12H2,1-2H3,(H,20,23)/t18-/m0/s1. The maximum Gasteiger partial charge on any atom is 0.318 e. The summed E-state index contributed by atoms with van der Waals surface area (Å²) in [4.78, 5) is 14.5. The van der Waals surface area contributed by atoms with Crippen molar-refractivity contribution in [3.8, 4) is 0 Å². The second-order valence-corrected chi connectivity index (χ2v) is 6.65. The number of aryl methyl sites for hydroxylation is 1. The smallest absolute Gasteiger partial charge is 0.318 e. The van der Waals surface area contributed by atoms with Crippen molar-refractivity contribution in [2.45, 2.75) is 45.2 Å². The minimum Gasteiger partial charge on any atom is -0.359 e. The lowest BCUT2D eigenvalue weighted by Gasteiger charge is -2.35. The van der Waals surface area contributed by atoms with Crippen molar-refractivity contribution >= 4 is 6.03 Å². The Hall–Kier alpha value is -2.37. The molecule has 128 valence electrons. The number of amides is 2. The summed E-state index contributed by atoms with van der Waals surface area (Å²) in [6, 6.07) is 8.20. The second-order valence-electron chi connectivity index (χ2n) is 6.65. The number of nitrogens with one attached hydrogen (secondary N) is 1. The molecule has 1 aromatic heterocycles. The SMILES string of the molecule is Cc1cc(CNC(=O)N2CCC[C@@]2(C)Cc2ccc(F)cc2)on1. The Kier molecular flexibility index (Phi) is 4.55. The third-order valence-electron chi connectivity index (χ3n) is 4.58. The van der Waals surface area contributed by atoms with Gasteiger partial charge in [0.2, 0.25) is 0 Å². The van der Waals surface area contributed by atoms with Crippen LogP contribution in [0, 0.1) is 12.7 Å². The molecule has 1 atom stereocenters. The van der Waals surface area contributed by atoms with E-state index in [2.05, 4.69) is 17.4 Å². The maximum absolute atomic E-state index is 13.1. The van der Waals surface area contributed by atoms with Crippen LogP contribution in [0.2, 0.25) is 0 Å². The number of likely N-dealkylation sites (tertiary alicyclic amines) is 1. The number of carbonyl (C=O) groups excluding carboxylic acids is 1. The molecule has 1 aromatic carbocycles. The largest absolute Gasteiger partial charge is 0.359 e. The van der Waals surface area contributed by atoms with Crippen molar-refractivity contribution in [3.63, 3.8) is 0 Å². The molecule has 6 heteroatoms. The molecule has 0 bridgehead atoms. The van der Waals surface area contributed by atoms with Crippen LogP contribution in [-0.2, 0) is 13.0 Å². The Bertz CT molecular complexity index is 713. The van der Waals surface area contributed by atoms with Crippen LogP contribution in [0.5, 0.6) is 0 Å². The van der Waals surface area contributed by atoms with E-state index in [-0.39, 0.29) is 17.4 Å². The first-order chi connectivity index (χ1) is 11.5. The summed E-state index contributed by atoms with van der Waals surface area (Å²) in [5, 5.41) is 6.71. The van der Waals surface area contributed by atoms with Gasteiger partial charge in [-0.2, -0.15) is 0 Å². The number of hydrogen-bond donors (Lipinski definition) is 1. The molecular formula is C18H22FN3O2. The van der Waals surface area contributed by atoms with E-state index in [4.69, 9.17) is 4.52 Å². The normalized spacial score (nSPS) is 20.4. The summed E-state index contributed by atoms with van der Waals surface area (Å²) in [7, 11) is 0. The minimum absolute atomic E-state index is 0.105. The lowest BCUT2D eigenvalue weighted by atomic mass is 9.90. The molecule has 5 nitrogen and oxygen atoms in total. The molecule has 0 unspecified atom stereocenters. The van der Waals surface area contributed by atoms with Crippen LogP contribution >= 0.6 is 0 Å². The fraction of sp³-hybridized carbons (Fsp3) is 0.444. The zero-order valence-corrected chi connectivity index (χ0v) is 14.0. The second kappa shape index (κ2) is 6.63. The highest BCUT2D eigenvalue weighted by molar-refractivity contribution is 5.75. The molecule has 0 radical (unpaired) electrons. The molecule has 1 aliphatic heterocycles. The van der Waals surface area contributed by atoms with Gasteiger partial charge in [0.25, 0.3) is 0 Å². The molecule has 1 aliphatic rings. The molecule has 0 aliphatic carbocycles. The summed E-state index contributed by atoms with van der Waals surface area (Å²) in [5.74, 6) is 0.396. The van der Waals surface area contributed by atoms with Gasteiger partial charge in [0.15, 0.2) is 5.76 Å². The highest BCUT2D eigenvalue weighted by Crippen LogP contribution is 2.32. The van der Waals surface area contributed by atoms with Gasteiger partial charge in [-0.3, -0.25) is 0 Å². The van der Waals surface area contributed by atoms with Crippen LogP contribution in [0.1, 0.15) is 36.8 Å². The Morgan fingerprint density at radius 2 is 2.17 bits per heavy atom. The Labute approximate surface area is 140 Å². The van der Waals surface area contributed by atoms with Gasteiger partial charge in [-0.05, 0) is 50.8 Å². The first-order valence-corrected chi connectivity index (χ1v) is 8.18. The summed E-state index contributed by atoms with van der Waals surface area (Å²) in [6.07, 6.45) is 2.61. The molecule has 1 saturated heterocycles. The third-order valence-corrected chi connectivity index (χ3v) is 4.58. The number of halogens is 1. The Balaban J connectivity index is 1.64. The molecule has 24 heavy (non-hydrogen) atoms. The van der Waals surface area contributed by atoms with E-state index in [1.807, 2.05) is 17.9 Å². The van der Waals surface area contributed by atoms with Gasteiger partial charge in [0.05, 0.1) is 12.2 Å². The molecule has 0 spiro atoms. The van der Waals surface area contributed by atoms with Crippen molar-refractivity contribution in [1.82, 2.24) is 15.4 Å². The van der Waals surface area contributed by atoms with Crippen LogP contribution in [0.4, 0.5) is 9.18 Å². The van der Waals surface area contributed by atoms with Crippen molar-refractivity contribution in [3.05, 3.63) is 53.2 Å². The van der Waals surface area contributed by atoms with Crippen molar-refractivity contribution in [1.29, 1.82) is 0 Å². The van der Waals surface area contributed by atoms with E-state index in [1.54, 1.807) is 12.1 Å².